The topological polar surface area (TPSA) is 26.3 Å². The average Bonchev–Trinajstić information content (AvgIpc) is 2.77. The molecular weight excluding hydrogens is 384 g/mol. The van der Waals surface area contributed by atoms with Gasteiger partial charge in [0.05, 0.1) is 13.0 Å². The summed E-state index contributed by atoms with van der Waals surface area (Å²) in [6, 6.07) is 32.2. The Morgan fingerprint density at radius 1 is 0.767 bits per heavy atom. The van der Waals surface area contributed by atoms with Crippen molar-refractivity contribution in [3.8, 4) is 0 Å². The summed E-state index contributed by atoms with van der Waals surface area (Å²) in [5.41, 5.74) is 1.22. The summed E-state index contributed by atoms with van der Waals surface area (Å²) >= 11 is 0. The van der Waals surface area contributed by atoms with Gasteiger partial charge in [0.15, 0.2) is 0 Å². The molecule has 0 saturated carbocycles. The van der Waals surface area contributed by atoms with E-state index < -0.39 is 8.07 Å². The van der Waals surface area contributed by atoms with Gasteiger partial charge in [-0.2, -0.15) is 0 Å². The lowest BCUT2D eigenvalue weighted by atomic mass is 10.0. The third kappa shape index (κ3) is 3.87. The SMILES string of the molecule is COC(=O)[C@@H](C)[C@H](c1ccccc1)[Si](c1ccccc1)(c1ccccc1)C(C)(C)C. The fraction of sp³-hybridized carbons (Fsp3) is 0.296. The summed E-state index contributed by atoms with van der Waals surface area (Å²) in [4.78, 5) is 13.0. The van der Waals surface area contributed by atoms with Crippen LogP contribution in [-0.2, 0) is 9.53 Å². The molecule has 0 aromatic heterocycles. The summed E-state index contributed by atoms with van der Waals surface area (Å²) < 4.78 is 5.28. The Labute approximate surface area is 181 Å². The van der Waals surface area contributed by atoms with Gasteiger partial charge in [0.2, 0.25) is 0 Å². The van der Waals surface area contributed by atoms with Gasteiger partial charge in [-0.25, -0.2) is 0 Å². The minimum atomic E-state index is -2.56. The van der Waals surface area contributed by atoms with Crippen LogP contribution >= 0.6 is 0 Å². The number of hydrogen-bond donors (Lipinski definition) is 0. The fourth-order valence-electron chi connectivity index (χ4n) is 5.16. The number of carbonyl (C=O) groups is 1. The van der Waals surface area contributed by atoms with Crippen LogP contribution < -0.4 is 10.4 Å². The van der Waals surface area contributed by atoms with Crippen LogP contribution in [0.3, 0.4) is 0 Å². The fourth-order valence-corrected chi connectivity index (χ4v) is 11.9. The first kappa shape index (κ1) is 22.0. The van der Waals surface area contributed by atoms with E-state index in [1.54, 1.807) is 0 Å². The van der Waals surface area contributed by atoms with Crippen molar-refractivity contribution < 1.29 is 9.53 Å². The third-order valence-corrected chi connectivity index (χ3v) is 13.0. The van der Waals surface area contributed by atoms with Crippen LogP contribution in [0.5, 0.6) is 0 Å². The molecular formula is C27H32O2Si. The maximum absolute atomic E-state index is 13.0. The van der Waals surface area contributed by atoms with Gasteiger partial charge in [-0.1, -0.05) is 129 Å². The molecule has 0 heterocycles. The highest BCUT2D eigenvalue weighted by Gasteiger charge is 2.56. The van der Waals surface area contributed by atoms with Gasteiger partial charge in [0.25, 0.3) is 0 Å². The molecule has 0 radical (unpaired) electrons. The van der Waals surface area contributed by atoms with Crippen molar-refractivity contribution in [1.29, 1.82) is 0 Å². The number of ether oxygens (including phenoxy) is 1. The van der Waals surface area contributed by atoms with Gasteiger partial charge in [-0.15, -0.1) is 0 Å². The van der Waals surface area contributed by atoms with E-state index in [4.69, 9.17) is 4.74 Å². The molecule has 0 amide bonds. The second-order valence-electron chi connectivity index (χ2n) is 8.99. The van der Waals surface area contributed by atoms with E-state index in [9.17, 15) is 4.79 Å². The molecule has 156 valence electrons. The summed E-state index contributed by atoms with van der Waals surface area (Å²) in [7, 11) is -1.07. The van der Waals surface area contributed by atoms with Crippen molar-refractivity contribution in [1.82, 2.24) is 0 Å². The van der Waals surface area contributed by atoms with Crippen LogP contribution in [0, 0.1) is 5.92 Å². The zero-order valence-electron chi connectivity index (χ0n) is 18.6. The van der Waals surface area contributed by atoms with Crippen LogP contribution in [0.25, 0.3) is 0 Å². The largest absolute Gasteiger partial charge is 0.469 e. The van der Waals surface area contributed by atoms with Crippen molar-refractivity contribution in [2.24, 2.45) is 5.92 Å². The van der Waals surface area contributed by atoms with Crippen molar-refractivity contribution in [3.05, 3.63) is 96.6 Å². The van der Waals surface area contributed by atoms with E-state index in [0.29, 0.717) is 0 Å². The van der Waals surface area contributed by atoms with E-state index in [-0.39, 0.29) is 22.5 Å². The van der Waals surface area contributed by atoms with Gasteiger partial charge in [0, 0.05) is 5.54 Å². The molecule has 0 bridgehead atoms. The molecule has 2 nitrogen and oxygen atoms in total. The number of methoxy groups -OCH3 is 1. The highest BCUT2D eigenvalue weighted by Crippen LogP contribution is 2.47. The maximum Gasteiger partial charge on any atom is 0.308 e. The standard InChI is InChI=1S/C27H32O2Si/c1-21(26(28)29-5)25(22-15-9-6-10-16-22)30(27(2,3)4,23-17-11-7-12-18-23)24-19-13-8-14-20-24/h6-21,25H,1-5H3/t21-,25+/m0/s1. The van der Waals surface area contributed by atoms with E-state index in [1.807, 2.05) is 13.0 Å². The first-order valence-corrected chi connectivity index (χ1v) is 12.7. The van der Waals surface area contributed by atoms with Crippen LogP contribution in [0.15, 0.2) is 91.0 Å². The van der Waals surface area contributed by atoms with Crippen molar-refractivity contribution in [3.63, 3.8) is 0 Å². The summed E-state index contributed by atoms with van der Waals surface area (Å²) in [6.45, 7) is 9.03. The van der Waals surface area contributed by atoms with Crippen LogP contribution in [-0.4, -0.2) is 21.2 Å². The average molecular weight is 417 g/mol. The molecule has 0 saturated heterocycles. The van der Waals surface area contributed by atoms with Crippen LogP contribution in [0.2, 0.25) is 5.04 Å². The Balaban J connectivity index is 2.45. The maximum atomic E-state index is 13.0. The lowest BCUT2D eigenvalue weighted by molar-refractivity contribution is -0.145. The van der Waals surface area contributed by atoms with Gasteiger partial charge >= 0.3 is 5.97 Å². The molecule has 3 aromatic carbocycles. The number of esters is 1. The Bertz CT molecular complexity index is 907. The first-order valence-electron chi connectivity index (χ1n) is 10.6. The lowest BCUT2D eigenvalue weighted by Gasteiger charge is -2.51. The zero-order valence-corrected chi connectivity index (χ0v) is 19.6. The van der Waals surface area contributed by atoms with Crippen molar-refractivity contribution in [2.45, 2.75) is 38.3 Å². The molecule has 0 aliphatic carbocycles. The number of benzene rings is 3. The predicted molar refractivity (Wildman–Crippen MR) is 128 cm³/mol. The molecule has 3 aromatic rings. The van der Waals surface area contributed by atoms with Crippen LogP contribution in [0.1, 0.15) is 38.8 Å². The van der Waals surface area contributed by atoms with Crippen LogP contribution in [0.4, 0.5) is 0 Å². The van der Waals surface area contributed by atoms with E-state index in [1.165, 1.54) is 23.0 Å². The molecule has 2 atom stereocenters. The predicted octanol–water partition coefficient (Wildman–Crippen LogP) is 5.18. The normalized spacial score (nSPS) is 14.0. The summed E-state index contributed by atoms with van der Waals surface area (Å²) in [5.74, 6) is -0.430. The Hall–Kier alpha value is -2.65. The second-order valence-corrected chi connectivity index (χ2v) is 13.9. The Morgan fingerprint density at radius 3 is 1.53 bits per heavy atom. The quantitative estimate of drug-likeness (QED) is 0.409. The Morgan fingerprint density at radius 2 is 1.17 bits per heavy atom. The number of hydrogen-bond acceptors (Lipinski definition) is 2. The van der Waals surface area contributed by atoms with Crippen molar-refractivity contribution >= 4 is 24.4 Å². The van der Waals surface area contributed by atoms with Gasteiger partial charge in [0.1, 0.15) is 8.07 Å². The summed E-state index contributed by atoms with van der Waals surface area (Å²) in [5, 5.41) is 2.63. The third-order valence-electron chi connectivity index (χ3n) is 6.34. The minimum absolute atomic E-state index is 0.0240. The monoisotopic (exact) mass is 416 g/mol. The first-order chi connectivity index (χ1) is 14.3. The zero-order chi connectivity index (χ0) is 21.8. The number of carbonyl (C=O) groups excluding carboxylic acids is 1. The molecule has 0 N–H and O–H groups in total. The van der Waals surface area contributed by atoms with Gasteiger partial charge in [-0.05, 0) is 10.6 Å². The molecule has 0 fully saturated rings. The smallest absolute Gasteiger partial charge is 0.308 e. The Kier molecular flexibility index (Phi) is 6.62. The molecule has 3 rings (SSSR count). The highest BCUT2D eigenvalue weighted by atomic mass is 28.3. The molecule has 0 aliphatic heterocycles. The minimum Gasteiger partial charge on any atom is -0.469 e. The van der Waals surface area contributed by atoms with E-state index in [0.717, 1.165) is 0 Å². The van der Waals surface area contributed by atoms with E-state index in [2.05, 4.69) is 106 Å². The lowest BCUT2D eigenvalue weighted by Crippen LogP contribution is -2.69. The molecule has 0 spiro atoms. The van der Waals surface area contributed by atoms with Gasteiger partial charge in [-0.3, -0.25) is 4.79 Å². The van der Waals surface area contributed by atoms with Gasteiger partial charge < -0.3 is 4.74 Å². The molecule has 0 unspecified atom stereocenters. The number of rotatable bonds is 6. The summed E-state index contributed by atoms with van der Waals surface area (Å²) in [6.07, 6.45) is 0. The van der Waals surface area contributed by atoms with E-state index >= 15 is 0 Å². The molecule has 3 heteroatoms. The molecule has 0 aliphatic rings. The highest BCUT2D eigenvalue weighted by molar-refractivity contribution is 7.05. The molecule has 30 heavy (non-hydrogen) atoms. The second kappa shape index (κ2) is 9.01. The van der Waals surface area contributed by atoms with Crippen molar-refractivity contribution in [2.75, 3.05) is 7.11 Å².